The third-order valence-corrected chi connectivity index (χ3v) is 4.46. The number of piperidine rings is 1. The van der Waals surface area contributed by atoms with Crippen molar-refractivity contribution in [1.29, 1.82) is 0 Å². The Morgan fingerprint density at radius 2 is 1.95 bits per heavy atom. The minimum Gasteiger partial charge on any atom is -0.481 e. The first kappa shape index (κ1) is 14.3. The molecule has 1 saturated heterocycles. The predicted octanol–water partition coefficient (Wildman–Crippen LogP) is 0.945. The molecule has 0 radical (unpaired) electrons. The normalized spacial score (nSPS) is 32.2. The molecule has 5 heteroatoms. The molecule has 2 rings (SSSR count). The van der Waals surface area contributed by atoms with Gasteiger partial charge in [-0.05, 0) is 45.2 Å². The molecular weight excluding hydrogens is 244 g/mol. The molecule has 2 N–H and O–H groups in total. The number of aliphatic carboxylic acids is 1. The van der Waals surface area contributed by atoms with Gasteiger partial charge in [0.2, 0.25) is 5.91 Å². The van der Waals surface area contributed by atoms with Gasteiger partial charge in [-0.25, -0.2) is 0 Å². The van der Waals surface area contributed by atoms with E-state index in [-0.39, 0.29) is 11.8 Å². The molecule has 1 aliphatic carbocycles. The summed E-state index contributed by atoms with van der Waals surface area (Å²) < 4.78 is 0. The third kappa shape index (κ3) is 3.69. The Kier molecular flexibility index (Phi) is 4.80. The van der Waals surface area contributed by atoms with Crippen LogP contribution >= 0.6 is 0 Å². The Bertz CT molecular complexity index is 346. The van der Waals surface area contributed by atoms with Crippen molar-refractivity contribution >= 4 is 11.9 Å². The largest absolute Gasteiger partial charge is 0.481 e. The maximum atomic E-state index is 12.1. The fourth-order valence-corrected chi connectivity index (χ4v) is 3.39. The summed E-state index contributed by atoms with van der Waals surface area (Å²) in [6, 6.07) is 0. The lowest BCUT2D eigenvalue weighted by Crippen LogP contribution is -2.42. The van der Waals surface area contributed by atoms with Gasteiger partial charge < -0.3 is 15.3 Å². The van der Waals surface area contributed by atoms with Gasteiger partial charge in [0, 0.05) is 13.1 Å². The molecule has 1 aliphatic heterocycles. The summed E-state index contributed by atoms with van der Waals surface area (Å²) in [6.07, 6.45) is 4.53. The van der Waals surface area contributed by atoms with Crippen LogP contribution in [0, 0.1) is 17.8 Å². The van der Waals surface area contributed by atoms with Crippen LogP contribution in [0.5, 0.6) is 0 Å². The minimum absolute atomic E-state index is 0.0573. The molecule has 0 aromatic rings. The number of hydrogen-bond acceptors (Lipinski definition) is 3. The lowest BCUT2D eigenvalue weighted by Gasteiger charge is -2.30. The van der Waals surface area contributed by atoms with Crippen LogP contribution in [0.2, 0.25) is 0 Å². The lowest BCUT2D eigenvalue weighted by atomic mass is 9.94. The van der Waals surface area contributed by atoms with E-state index in [0.29, 0.717) is 25.3 Å². The van der Waals surface area contributed by atoms with Gasteiger partial charge in [-0.15, -0.1) is 0 Å². The predicted molar refractivity (Wildman–Crippen MR) is 71.7 cm³/mol. The highest BCUT2D eigenvalue weighted by molar-refractivity contribution is 5.85. The van der Waals surface area contributed by atoms with Crippen LogP contribution in [0.3, 0.4) is 0 Å². The van der Waals surface area contributed by atoms with Crippen LogP contribution in [-0.4, -0.2) is 48.6 Å². The number of nitrogens with one attached hydrogen (secondary N) is 1. The fourth-order valence-electron chi connectivity index (χ4n) is 3.39. The van der Waals surface area contributed by atoms with Gasteiger partial charge in [-0.1, -0.05) is 6.42 Å². The van der Waals surface area contributed by atoms with Gasteiger partial charge >= 0.3 is 5.97 Å². The molecule has 3 atom stereocenters. The zero-order valence-electron chi connectivity index (χ0n) is 11.6. The summed E-state index contributed by atoms with van der Waals surface area (Å²) >= 11 is 0. The summed E-state index contributed by atoms with van der Waals surface area (Å²) in [4.78, 5) is 25.5. The third-order valence-electron chi connectivity index (χ3n) is 4.46. The van der Waals surface area contributed by atoms with Crippen LogP contribution in [0.1, 0.15) is 32.1 Å². The SMILES string of the molecule is CN1CCCC(CNC(=O)C2CCCC2C(=O)O)C1. The second-order valence-corrected chi connectivity index (χ2v) is 6.00. The average Bonchev–Trinajstić information content (AvgIpc) is 2.85. The van der Waals surface area contributed by atoms with E-state index in [2.05, 4.69) is 17.3 Å². The number of amides is 1. The summed E-state index contributed by atoms with van der Waals surface area (Å²) in [5.41, 5.74) is 0. The molecule has 3 unspecified atom stereocenters. The van der Waals surface area contributed by atoms with Gasteiger partial charge in [-0.2, -0.15) is 0 Å². The Morgan fingerprint density at radius 1 is 1.21 bits per heavy atom. The van der Waals surface area contributed by atoms with Crippen LogP contribution in [0.25, 0.3) is 0 Å². The van der Waals surface area contributed by atoms with Crippen molar-refractivity contribution in [3.63, 3.8) is 0 Å². The molecule has 19 heavy (non-hydrogen) atoms. The Labute approximate surface area is 114 Å². The highest BCUT2D eigenvalue weighted by atomic mass is 16.4. The summed E-state index contributed by atoms with van der Waals surface area (Å²) in [5.74, 6) is -1.17. The maximum Gasteiger partial charge on any atom is 0.307 e. The van der Waals surface area contributed by atoms with E-state index in [1.165, 1.54) is 6.42 Å². The minimum atomic E-state index is -0.824. The number of rotatable bonds is 4. The molecule has 2 aliphatic rings. The number of carbonyl (C=O) groups is 2. The number of nitrogens with zero attached hydrogens (tertiary/aromatic N) is 1. The Morgan fingerprint density at radius 3 is 2.63 bits per heavy atom. The van der Waals surface area contributed by atoms with Crippen molar-refractivity contribution in [1.82, 2.24) is 10.2 Å². The van der Waals surface area contributed by atoms with E-state index in [1.807, 2.05) is 0 Å². The standard InChI is InChI=1S/C14H24N2O3/c1-16-7-3-4-10(9-16)8-15-13(17)11-5-2-6-12(11)14(18)19/h10-12H,2-9H2,1H3,(H,15,17)(H,18,19). The fraction of sp³-hybridized carbons (Fsp3) is 0.857. The van der Waals surface area contributed by atoms with Crippen molar-refractivity contribution in [3.05, 3.63) is 0 Å². The molecule has 1 amide bonds. The number of carboxylic acid groups (broad SMARTS) is 1. The Hall–Kier alpha value is -1.10. The quantitative estimate of drug-likeness (QED) is 0.796. The van der Waals surface area contributed by atoms with E-state index in [9.17, 15) is 9.59 Å². The number of carboxylic acids is 1. The second-order valence-electron chi connectivity index (χ2n) is 6.00. The van der Waals surface area contributed by atoms with Crippen molar-refractivity contribution < 1.29 is 14.7 Å². The molecule has 0 spiro atoms. The first-order valence-electron chi connectivity index (χ1n) is 7.27. The molecular formula is C14H24N2O3. The number of likely N-dealkylation sites (tertiary alicyclic amines) is 1. The van der Waals surface area contributed by atoms with E-state index < -0.39 is 11.9 Å². The van der Waals surface area contributed by atoms with E-state index in [4.69, 9.17) is 5.11 Å². The first-order valence-corrected chi connectivity index (χ1v) is 7.27. The van der Waals surface area contributed by atoms with Crippen LogP contribution in [0.15, 0.2) is 0 Å². The summed E-state index contributed by atoms with van der Waals surface area (Å²) in [6.45, 7) is 2.84. The van der Waals surface area contributed by atoms with E-state index in [1.54, 1.807) is 0 Å². The van der Waals surface area contributed by atoms with Crippen LogP contribution < -0.4 is 5.32 Å². The van der Waals surface area contributed by atoms with E-state index in [0.717, 1.165) is 25.9 Å². The zero-order valence-corrected chi connectivity index (χ0v) is 11.6. The van der Waals surface area contributed by atoms with Gasteiger partial charge in [0.15, 0.2) is 0 Å². The number of carbonyl (C=O) groups excluding carboxylic acids is 1. The van der Waals surface area contributed by atoms with Crippen molar-refractivity contribution in [2.45, 2.75) is 32.1 Å². The molecule has 0 aromatic carbocycles. The Balaban J connectivity index is 1.79. The first-order chi connectivity index (χ1) is 9.08. The average molecular weight is 268 g/mol. The molecule has 1 heterocycles. The second kappa shape index (κ2) is 6.37. The van der Waals surface area contributed by atoms with Gasteiger partial charge in [0.1, 0.15) is 0 Å². The van der Waals surface area contributed by atoms with Crippen LogP contribution in [-0.2, 0) is 9.59 Å². The van der Waals surface area contributed by atoms with Crippen LogP contribution in [0.4, 0.5) is 0 Å². The smallest absolute Gasteiger partial charge is 0.307 e. The lowest BCUT2D eigenvalue weighted by molar-refractivity contribution is -0.146. The van der Waals surface area contributed by atoms with E-state index >= 15 is 0 Å². The zero-order chi connectivity index (χ0) is 13.8. The van der Waals surface area contributed by atoms with Gasteiger partial charge in [0.25, 0.3) is 0 Å². The highest BCUT2D eigenvalue weighted by Gasteiger charge is 2.37. The summed E-state index contributed by atoms with van der Waals surface area (Å²) in [5, 5.41) is 12.1. The molecule has 0 bridgehead atoms. The molecule has 5 nitrogen and oxygen atoms in total. The maximum absolute atomic E-state index is 12.1. The molecule has 2 fully saturated rings. The van der Waals surface area contributed by atoms with Gasteiger partial charge in [-0.3, -0.25) is 9.59 Å². The van der Waals surface area contributed by atoms with Crippen molar-refractivity contribution in [2.75, 3.05) is 26.7 Å². The summed E-state index contributed by atoms with van der Waals surface area (Å²) in [7, 11) is 2.10. The molecule has 1 saturated carbocycles. The van der Waals surface area contributed by atoms with Crippen molar-refractivity contribution in [2.24, 2.45) is 17.8 Å². The monoisotopic (exact) mass is 268 g/mol. The number of hydrogen-bond donors (Lipinski definition) is 2. The molecule has 108 valence electrons. The topological polar surface area (TPSA) is 69.6 Å². The molecule has 0 aromatic heterocycles. The van der Waals surface area contributed by atoms with Crippen molar-refractivity contribution in [3.8, 4) is 0 Å². The highest BCUT2D eigenvalue weighted by Crippen LogP contribution is 2.32. The van der Waals surface area contributed by atoms with Gasteiger partial charge in [0.05, 0.1) is 11.8 Å².